The average Bonchev–Trinajstić information content (AvgIpc) is 3.37. The normalized spacial score (nSPS) is 16.2. The molecule has 3 aromatic rings. The molecule has 1 fully saturated rings. The van der Waals surface area contributed by atoms with E-state index >= 15 is 0 Å². The van der Waals surface area contributed by atoms with Crippen molar-refractivity contribution in [2.45, 2.75) is 29.0 Å². The molecule has 4 N–H and O–H groups in total. The summed E-state index contributed by atoms with van der Waals surface area (Å²) in [5, 5.41) is 15.6. The van der Waals surface area contributed by atoms with Crippen LogP contribution in [0.25, 0.3) is 0 Å². The molecule has 1 aromatic carbocycles. The van der Waals surface area contributed by atoms with Crippen molar-refractivity contribution in [3.05, 3.63) is 36.2 Å². The Labute approximate surface area is 170 Å². The molecule has 11 heteroatoms. The Morgan fingerprint density at radius 1 is 1.18 bits per heavy atom. The van der Waals surface area contributed by atoms with Gasteiger partial charge in [-0.15, -0.1) is 10.2 Å². The van der Waals surface area contributed by atoms with Crippen molar-refractivity contribution >= 4 is 45.8 Å². The third kappa shape index (κ3) is 5.27. The monoisotopic (exact) mass is 416 g/mol. The molecule has 0 bridgehead atoms. The summed E-state index contributed by atoms with van der Waals surface area (Å²) in [6, 6.07) is 9.68. The molecule has 9 nitrogen and oxygen atoms in total. The maximum absolute atomic E-state index is 5.83. The zero-order chi connectivity index (χ0) is 19.2. The molecule has 3 heterocycles. The van der Waals surface area contributed by atoms with Gasteiger partial charge in [-0.1, -0.05) is 41.3 Å². The molecule has 1 aliphatic rings. The summed E-state index contributed by atoms with van der Waals surface area (Å²) in [6.45, 7) is 1.61. The Kier molecular flexibility index (Phi) is 6.14. The first-order valence-electron chi connectivity index (χ1n) is 8.89. The molecule has 1 aliphatic heterocycles. The van der Waals surface area contributed by atoms with E-state index in [0.717, 1.165) is 41.2 Å². The molecule has 0 spiro atoms. The first kappa shape index (κ1) is 18.8. The quantitative estimate of drug-likeness (QED) is 0.472. The van der Waals surface area contributed by atoms with Crippen molar-refractivity contribution in [3.63, 3.8) is 0 Å². The van der Waals surface area contributed by atoms with E-state index in [0.29, 0.717) is 17.5 Å². The second-order valence-corrected chi connectivity index (χ2v) is 8.30. The van der Waals surface area contributed by atoms with Gasteiger partial charge in [0.05, 0.1) is 11.9 Å². The Morgan fingerprint density at radius 2 is 2.07 bits per heavy atom. The van der Waals surface area contributed by atoms with Crippen molar-refractivity contribution in [2.24, 2.45) is 0 Å². The SMILES string of the molecule is Nc1nc(CSc2nnc(NC[C@H]3CCCO3)s2)nc(Nc2ccccc2)n1. The van der Waals surface area contributed by atoms with Gasteiger partial charge >= 0.3 is 0 Å². The predicted octanol–water partition coefficient (Wildman–Crippen LogP) is 2.93. The molecule has 1 saturated heterocycles. The van der Waals surface area contributed by atoms with Gasteiger partial charge < -0.3 is 21.1 Å². The molecule has 0 saturated carbocycles. The number of benzene rings is 1. The van der Waals surface area contributed by atoms with E-state index in [9.17, 15) is 0 Å². The first-order valence-corrected chi connectivity index (χ1v) is 10.7. The minimum Gasteiger partial charge on any atom is -0.376 e. The summed E-state index contributed by atoms with van der Waals surface area (Å²) < 4.78 is 6.44. The summed E-state index contributed by atoms with van der Waals surface area (Å²) in [4.78, 5) is 12.8. The summed E-state index contributed by atoms with van der Waals surface area (Å²) in [7, 11) is 0. The number of rotatable bonds is 8. The van der Waals surface area contributed by atoms with Gasteiger partial charge in [-0.05, 0) is 25.0 Å². The minimum atomic E-state index is 0.181. The molecule has 4 rings (SSSR count). The molecule has 1 atom stereocenters. The number of nitrogens with two attached hydrogens (primary N) is 1. The van der Waals surface area contributed by atoms with E-state index in [2.05, 4.69) is 35.8 Å². The molecule has 0 radical (unpaired) electrons. The van der Waals surface area contributed by atoms with Crippen LogP contribution in [0.1, 0.15) is 18.7 Å². The number of thioether (sulfide) groups is 1. The Morgan fingerprint density at radius 3 is 2.89 bits per heavy atom. The number of nitrogens with zero attached hydrogens (tertiary/aromatic N) is 5. The number of aromatic nitrogens is 5. The highest BCUT2D eigenvalue weighted by molar-refractivity contribution is 8.00. The topological polar surface area (TPSA) is 124 Å². The van der Waals surface area contributed by atoms with Gasteiger partial charge in [0.15, 0.2) is 4.34 Å². The molecule has 0 unspecified atom stereocenters. The van der Waals surface area contributed by atoms with Gasteiger partial charge in [0.25, 0.3) is 0 Å². The van der Waals surface area contributed by atoms with Crippen LogP contribution in [-0.4, -0.2) is 44.4 Å². The van der Waals surface area contributed by atoms with Crippen LogP contribution in [0.4, 0.5) is 22.7 Å². The van der Waals surface area contributed by atoms with E-state index in [1.54, 1.807) is 0 Å². The van der Waals surface area contributed by atoms with E-state index in [1.165, 1.54) is 23.1 Å². The lowest BCUT2D eigenvalue weighted by Gasteiger charge is -2.08. The second kappa shape index (κ2) is 9.13. The molecule has 146 valence electrons. The lowest BCUT2D eigenvalue weighted by atomic mass is 10.2. The predicted molar refractivity (Wildman–Crippen MR) is 111 cm³/mol. The molecular weight excluding hydrogens is 396 g/mol. The van der Waals surface area contributed by atoms with Crippen LogP contribution in [0.15, 0.2) is 34.7 Å². The van der Waals surface area contributed by atoms with Gasteiger partial charge in [-0.25, -0.2) is 0 Å². The molecule has 2 aromatic heterocycles. The lowest BCUT2D eigenvalue weighted by Crippen LogP contribution is -2.18. The van der Waals surface area contributed by atoms with Crippen LogP contribution in [0.2, 0.25) is 0 Å². The van der Waals surface area contributed by atoms with E-state index < -0.39 is 0 Å². The standard InChI is InChI=1S/C17H20N8OS2/c18-14-21-13(22-15(23-14)20-11-5-2-1-3-6-11)10-27-17-25-24-16(28-17)19-9-12-7-4-8-26-12/h1-3,5-6,12H,4,7-10H2,(H,19,24)(H3,18,20,21,22,23)/t12-/m1/s1. The van der Waals surface area contributed by atoms with Gasteiger partial charge in [0, 0.05) is 18.8 Å². The number of hydrogen-bond acceptors (Lipinski definition) is 11. The second-order valence-electron chi connectivity index (χ2n) is 6.10. The zero-order valence-electron chi connectivity index (χ0n) is 15.0. The fourth-order valence-corrected chi connectivity index (χ4v) is 4.30. The maximum atomic E-state index is 5.83. The van der Waals surface area contributed by atoms with Crippen molar-refractivity contribution in [3.8, 4) is 0 Å². The van der Waals surface area contributed by atoms with Crippen molar-refractivity contribution < 1.29 is 4.74 Å². The van der Waals surface area contributed by atoms with Crippen molar-refractivity contribution in [1.29, 1.82) is 0 Å². The Balaban J connectivity index is 1.33. The number of nitrogen functional groups attached to an aromatic ring is 1. The van der Waals surface area contributed by atoms with E-state index in [4.69, 9.17) is 10.5 Å². The lowest BCUT2D eigenvalue weighted by molar-refractivity contribution is 0.120. The van der Waals surface area contributed by atoms with Crippen molar-refractivity contribution in [2.75, 3.05) is 29.5 Å². The largest absolute Gasteiger partial charge is 0.376 e. The fraction of sp³-hybridized carbons (Fsp3) is 0.353. The summed E-state index contributed by atoms with van der Waals surface area (Å²) in [5.74, 6) is 1.71. The fourth-order valence-electron chi connectivity index (χ4n) is 2.68. The minimum absolute atomic E-state index is 0.181. The summed E-state index contributed by atoms with van der Waals surface area (Å²) in [5.41, 5.74) is 6.71. The Bertz CT molecular complexity index is 901. The van der Waals surface area contributed by atoms with Crippen LogP contribution >= 0.6 is 23.1 Å². The van der Waals surface area contributed by atoms with Crippen LogP contribution in [-0.2, 0) is 10.5 Å². The third-order valence-electron chi connectivity index (χ3n) is 3.97. The summed E-state index contributed by atoms with van der Waals surface area (Å²) >= 11 is 3.02. The number of para-hydroxylation sites is 1. The van der Waals surface area contributed by atoms with Gasteiger partial charge in [-0.2, -0.15) is 15.0 Å². The number of nitrogens with one attached hydrogen (secondary N) is 2. The number of anilines is 4. The molecule has 28 heavy (non-hydrogen) atoms. The van der Waals surface area contributed by atoms with E-state index in [-0.39, 0.29) is 12.1 Å². The van der Waals surface area contributed by atoms with Crippen LogP contribution in [0, 0.1) is 0 Å². The molecule has 0 aliphatic carbocycles. The highest BCUT2D eigenvalue weighted by atomic mass is 32.2. The van der Waals surface area contributed by atoms with Gasteiger partial charge in [0.2, 0.25) is 17.0 Å². The molecular formula is C17H20N8OS2. The first-order chi connectivity index (χ1) is 13.7. The molecule has 0 amide bonds. The van der Waals surface area contributed by atoms with Gasteiger partial charge in [-0.3, -0.25) is 0 Å². The Hall–Kier alpha value is -2.50. The van der Waals surface area contributed by atoms with Crippen LogP contribution in [0.3, 0.4) is 0 Å². The van der Waals surface area contributed by atoms with E-state index in [1.807, 2.05) is 30.3 Å². The number of ether oxygens (including phenoxy) is 1. The third-order valence-corrected chi connectivity index (χ3v) is 5.98. The van der Waals surface area contributed by atoms with Crippen molar-refractivity contribution in [1.82, 2.24) is 25.1 Å². The average molecular weight is 417 g/mol. The highest BCUT2D eigenvalue weighted by Crippen LogP contribution is 2.28. The number of hydrogen-bond donors (Lipinski definition) is 3. The highest BCUT2D eigenvalue weighted by Gasteiger charge is 2.16. The summed E-state index contributed by atoms with van der Waals surface area (Å²) in [6.07, 6.45) is 2.48. The van der Waals surface area contributed by atoms with Crippen LogP contribution < -0.4 is 16.4 Å². The zero-order valence-corrected chi connectivity index (χ0v) is 16.7. The van der Waals surface area contributed by atoms with Gasteiger partial charge in [0.1, 0.15) is 5.82 Å². The maximum Gasteiger partial charge on any atom is 0.232 e. The van der Waals surface area contributed by atoms with Crippen LogP contribution in [0.5, 0.6) is 0 Å². The smallest absolute Gasteiger partial charge is 0.232 e.